The molecule has 41 heavy (non-hydrogen) atoms. The summed E-state index contributed by atoms with van der Waals surface area (Å²) in [5.41, 5.74) is -1.64. The topological polar surface area (TPSA) is 67.7 Å². The van der Waals surface area contributed by atoms with Gasteiger partial charge in [-0.15, -0.1) is 11.8 Å². The zero-order chi connectivity index (χ0) is 30.1. The SMILES string of the molecule is CCSc1ccc(Cl)cc1Cn1cnc2c(Cl)c(CN3CCN(C(=O)OC(C)(C)C)CC3)c(C(F)(F)F)cc2c1=O. The molecule has 4 rings (SSSR count). The van der Waals surface area contributed by atoms with Gasteiger partial charge in [0.05, 0.1) is 34.4 Å². The van der Waals surface area contributed by atoms with Gasteiger partial charge in [-0.2, -0.15) is 13.2 Å². The summed E-state index contributed by atoms with van der Waals surface area (Å²) in [5.74, 6) is 0.795. The molecule has 0 radical (unpaired) electrons. The fourth-order valence-electron chi connectivity index (χ4n) is 4.61. The molecular formula is C28H31Cl2F3N4O3S. The summed E-state index contributed by atoms with van der Waals surface area (Å²) in [6.45, 7) is 8.53. The third-order valence-electron chi connectivity index (χ3n) is 6.53. The van der Waals surface area contributed by atoms with Gasteiger partial charge in [-0.05, 0) is 61.9 Å². The van der Waals surface area contributed by atoms with E-state index in [1.54, 1.807) is 49.6 Å². The molecule has 1 fully saturated rings. The first-order valence-electron chi connectivity index (χ1n) is 13.1. The van der Waals surface area contributed by atoms with Crippen molar-refractivity contribution >= 4 is 52.0 Å². The second-order valence-electron chi connectivity index (χ2n) is 10.7. The Hall–Kier alpha value is -2.47. The minimum Gasteiger partial charge on any atom is -0.444 e. The first-order valence-corrected chi connectivity index (χ1v) is 14.8. The molecule has 0 unspecified atom stereocenters. The predicted octanol–water partition coefficient (Wildman–Crippen LogP) is 6.94. The highest BCUT2D eigenvalue weighted by atomic mass is 35.5. The summed E-state index contributed by atoms with van der Waals surface area (Å²) in [6.07, 6.45) is -3.92. The summed E-state index contributed by atoms with van der Waals surface area (Å²) in [5, 5.41) is 0.0647. The van der Waals surface area contributed by atoms with Crippen molar-refractivity contribution in [2.45, 2.75) is 57.5 Å². The maximum absolute atomic E-state index is 14.3. The van der Waals surface area contributed by atoms with Crippen molar-refractivity contribution in [2.75, 3.05) is 31.9 Å². The molecule has 1 aromatic heterocycles. The number of halogens is 5. The van der Waals surface area contributed by atoms with Gasteiger partial charge in [-0.25, -0.2) is 9.78 Å². The van der Waals surface area contributed by atoms with E-state index in [9.17, 15) is 22.8 Å². The first kappa shape index (κ1) is 31.5. The van der Waals surface area contributed by atoms with Gasteiger partial charge in [0.2, 0.25) is 0 Å². The highest BCUT2D eigenvalue weighted by Gasteiger charge is 2.37. The first-order chi connectivity index (χ1) is 19.2. The van der Waals surface area contributed by atoms with Crippen molar-refractivity contribution in [1.29, 1.82) is 0 Å². The molecule has 0 N–H and O–H groups in total. The van der Waals surface area contributed by atoms with Crippen LogP contribution < -0.4 is 5.56 Å². The van der Waals surface area contributed by atoms with Gasteiger partial charge in [0.15, 0.2) is 0 Å². The van der Waals surface area contributed by atoms with Gasteiger partial charge in [0, 0.05) is 42.6 Å². The van der Waals surface area contributed by atoms with Crippen molar-refractivity contribution in [2.24, 2.45) is 0 Å². The summed E-state index contributed by atoms with van der Waals surface area (Å²) in [6, 6.07) is 6.18. The molecule has 0 aliphatic carbocycles. The average molecular weight is 632 g/mol. The lowest BCUT2D eigenvalue weighted by Gasteiger charge is -2.36. The lowest BCUT2D eigenvalue weighted by Crippen LogP contribution is -2.49. The third-order valence-corrected chi connectivity index (χ3v) is 8.17. The zero-order valence-corrected chi connectivity index (χ0v) is 25.5. The summed E-state index contributed by atoms with van der Waals surface area (Å²) >= 11 is 14.3. The number of benzene rings is 2. The van der Waals surface area contributed by atoms with Crippen LogP contribution in [0.1, 0.15) is 44.4 Å². The number of thioether (sulfide) groups is 1. The number of carbonyl (C=O) groups is 1. The molecule has 3 aromatic rings. The van der Waals surface area contributed by atoms with Crippen molar-refractivity contribution in [3.8, 4) is 0 Å². The number of hydrogen-bond donors (Lipinski definition) is 0. The largest absolute Gasteiger partial charge is 0.444 e. The number of nitrogens with zero attached hydrogens (tertiary/aromatic N) is 4. The van der Waals surface area contributed by atoms with Crippen LogP contribution in [-0.2, 0) is 24.0 Å². The van der Waals surface area contributed by atoms with Crippen LogP contribution >= 0.6 is 35.0 Å². The van der Waals surface area contributed by atoms with Crippen molar-refractivity contribution in [3.63, 3.8) is 0 Å². The molecule has 7 nitrogen and oxygen atoms in total. The molecule has 0 spiro atoms. The highest BCUT2D eigenvalue weighted by Crippen LogP contribution is 2.39. The smallest absolute Gasteiger partial charge is 0.416 e. The molecule has 2 heterocycles. The Labute approximate surface area is 250 Å². The molecule has 2 aromatic carbocycles. The zero-order valence-electron chi connectivity index (χ0n) is 23.1. The number of ether oxygens (including phenoxy) is 1. The van der Waals surface area contributed by atoms with Crippen LogP contribution in [0.2, 0.25) is 10.0 Å². The van der Waals surface area contributed by atoms with E-state index >= 15 is 0 Å². The Morgan fingerprint density at radius 2 is 1.76 bits per heavy atom. The number of hydrogen-bond acceptors (Lipinski definition) is 6. The molecule has 0 saturated carbocycles. The van der Waals surface area contributed by atoms with E-state index in [2.05, 4.69) is 4.98 Å². The summed E-state index contributed by atoms with van der Waals surface area (Å²) < 4.78 is 49.6. The van der Waals surface area contributed by atoms with Crippen LogP contribution in [-0.4, -0.2) is 63.0 Å². The molecule has 1 aliphatic heterocycles. The Bertz CT molecular complexity index is 1500. The van der Waals surface area contributed by atoms with E-state index < -0.39 is 29.0 Å². The van der Waals surface area contributed by atoms with Crippen LogP contribution in [0.3, 0.4) is 0 Å². The monoisotopic (exact) mass is 630 g/mol. The van der Waals surface area contributed by atoms with E-state index in [0.717, 1.165) is 22.3 Å². The molecule has 222 valence electrons. The van der Waals surface area contributed by atoms with E-state index in [1.807, 2.05) is 13.0 Å². The molecule has 1 saturated heterocycles. The molecule has 13 heteroatoms. The fourth-order valence-corrected chi connectivity index (χ4v) is 5.90. The molecular weight excluding hydrogens is 600 g/mol. The Balaban J connectivity index is 1.65. The van der Waals surface area contributed by atoms with Gasteiger partial charge in [-0.3, -0.25) is 14.3 Å². The van der Waals surface area contributed by atoms with E-state index in [-0.39, 0.29) is 34.6 Å². The number of fused-ring (bicyclic) bond motifs is 1. The molecule has 1 aliphatic rings. The lowest BCUT2D eigenvalue weighted by atomic mass is 10.0. The number of amides is 1. The van der Waals surface area contributed by atoms with Crippen molar-refractivity contribution in [1.82, 2.24) is 19.4 Å². The predicted molar refractivity (Wildman–Crippen MR) is 156 cm³/mol. The van der Waals surface area contributed by atoms with Gasteiger partial charge < -0.3 is 9.64 Å². The van der Waals surface area contributed by atoms with E-state index in [4.69, 9.17) is 27.9 Å². The van der Waals surface area contributed by atoms with E-state index in [0.29, 0.717) is 31.2 Å². The Morgan fingerprint density at radius 3 is 2.37 bits per heavy atom. The second-order valence-corrected chi connectivity index (χ2v) is 12.8. The van der Waals surface area contributed by atoms with Crippen LogP contribution in [0, 0.1) is 0 Å². The summed E-state index contributed by atoms with van der Waals surface area (Å²) in [7, 11) is 0. The minimum atomic E-state index is -4.75. The Morgan fingerprint density at radius 1 is 1.07 bits per heavy atom. The second kappa shape index (κ2) is 12.4. The summed E-state index contributed by atoms with van der Waals surface area (Å²) in [4.78, 5) is 34.3. The van der Waals surface area contributed by atoms with Crippen molar-refractivity contribution in [3.05, 3.63) is 67.7 Å². The molecule has 1 amide bonds. The highest BCUT2D eigenvalue weighted by molar-refractivity contribution is 7.99. The van der Waals surface area contributed by atoms with Gasteiger partial charge in [0.25, 0.3) is 5.56 Å². The fraction of sp³-hybridized carbons (Fsp3) is 0.464. The van der Waals surface area contributed by atoms with Crippen LogP contribution in [0.15, 0.2) is 40.3 Å². The molecule has 0 bridgehead atoms. The normalized spacial score (nSPS) is 15.0. The maximum atomic E-state index is 14.3. The Kier molecular flexibility index (Phi) is 9.52. The van der Waals surface area contributed by atoms with Crippen LogP contribution in [0.4, 0.5) is 18.0 Å². The lowest BCUT2D eigenvalue weighted by molar-refractivity contribution is -0.138. The number of aromatic nitrogens is 2. The minimum absolute atomic E-state index is 0.0116. The number of alkyl halides is 3. The average Bonchev–Trinajstić information content (AvgIpc) is 2.87. The molecule has 0 atom stereocenters. The van der Waals surface area contributed by atoms with Crippen LogP contribution in [0.5, 0.6) is 0 Å². The van der Waals surface area contributed by atoms with Gasteiger partial charge in [0.1, 0.15) is 5.60 Å². The number of rotatable bonds is 6. The quantitative estimate of drug-likeness (QED) is 0.275. The van der Waals surface area contributed by atoms with Crippen molar-refractivity contribution < 1.29 is 22.7 Å². The van der Waals surface area contributed by atoms with Gasteiger partial charge in [-0.1, -0.05) is 30.1 Å². The standard InChI is InChI=1S/C28H31Cl2F3N4O3S/c1-5-41-22-7-6-18(29)12-17(22)14-37-16-34-24-19(25(37)38)13-21(28(31,32)33)20(23(24)30)15-35-8-10-36(11-9-35)26(39)40-27(2,3)4/h6-7,12-13,16H,5,8-11,14-15H2,1-4H3. The maximum Gasteiger partial charge on any atom is 0.416 e. The van der Waals surface area contributed by atoms with Gasteiger partial charge >= 0.3 is 12.3 Å². The number of piperazine rings is 1. The third kappa shape index (κ3) is 7.49. The van der Waals surface area contributed by atoms with Crippen LogP contribution in [0.25, 0.3) is 10.9 Å². The number of carbonyl (C=O) groups excluding carboxylic acids is 1. The van der Waals surface area contributed by atoms with E-state index in [1.165, 1.54) is 15.8 Å².